The molecule has 0 amide bonds. The monoisotopic (exact) mass is 318 g/mol. The summed E-state index contributed by atoms with van der Waals surface area (Å²) in [5, 5.41) is 1.45. The number of benzene rings is 1. The van der Waals surface area contributed by atoms with Crippen molar-refractivity contribution in [2.75, 3.05) is 5.75 Å². The highest BCUT2D eigenvalue weighted by atomic mass is 32.2. The predicted molar refractivity (Wildman–Crippen MR) is 83.9 cm³/mol. The largest absolute Gasteiger partial charge is 0.271 e. The van der Waals surface area contributed by atoms with Crippen LogP contribution < -0.4 is 11.3 Å². The maximum atomic E-state index is 13.7. The number of nitrogens with one attached hydrogen (secondary N) is 1. The first-order valence-electron chi connectivity index (χ1n) is 6.69. The lowest BCUT2D eigenvalue weighted by atomic mass is 10.0. The SMILES string of the molecule is CC1SCC(C(Cc2cccc(F)c2F)NN)SC1C. The molecule has 1 aromatic carbocycles. The summed E-state index contributed by atoms with van der Waals surface area (Å²) >= 11 is 3.79. The lowest BCUT2D eigenvalue weighted by Crippen LogP contribution is -2.47. The van der Waals surface area contributed by atoms with Gasteiger partial charge in [-0.1, -0.05) is 26.0 Å². The van der Waals surface area contributed by atoms with Crippen molar-refractivity contribution in [3.8, 4) is 0 Å². The van der Waals surface area contributed by atoms with Crippen LogP contribution in [0.15, 0.2) is 18.2 Å². The number of halogens is 2. The second-order valence-electron chi connectivity index (χ2n) is 5.11. The van der Waals surface area contributed by atoms with Gasteiger partial charge in [-0.05, 0) is 18.1 Å². The van der Waals surface area contributed by atoms with E-state index in [0.29, 0.717) is 27.7 Å². The van der Waals surface area contributed by atoms with Gasteiger partial charge in [0.1, 0.15) is 0 Å². The van der Waals surface area contributed by atoms with Crippen molar-refractivity contribution < 1.29 is 8.78 Å². The smallest absolute Gasteiger partial charge is 0.162 e. The second kappa shape index (κ2) is 7.11. The molecule has 6 heteroatoms. The van der Waals surface area contributed by atoms with Gasteiger partial charge in [-0.3, -0.25) is 11.3 Å². The highest BCUT2D eigenvalue weighted by Crippen LogP contribution is 2.37. The molecule has 0 aromatic heterocycles. The quantitative estimate of drug-likeness (QED) is 0.661. The highest BCUT2D eigenvalue weighted by Gasteiger charge is 2.31. The van der Waals surface area contributed by atoms with Crippen LogP contribution in [0.5, 0.6) is 0 Å². The van der Waals surface area contributed by atoms with Crippen molar-refractivity contribution in [2.24, 2.45) is 5.84 Å². The zero-order valence-corrected chi connectivity index (χ0v) is 13.2. The molecule has 112 valence electrons. The topological polar surface area (TPSA) is 38.0 Å². The van der Waals surface area contributed by atoms with E-state index in [1.165, 1.54) is 6.07 Å². The second-order valence-corrected chi connectivity index (χ2v) is 8.14. The van der Waals surface area contributed by atoms with Gasteiger partial charge in [0.2, 0.25) is 0 Å². The number of hydrogen-bond acceptors (Lipinski definition) is 4. The Hall–Kier alpha value is -0.300. The molecule has 0 saturated carbocycles. The van der Waals surface area contributed by atoms with E-state index in [2.05, 4.69) is 19.3 Å². The summed E-state index contributed by atoms with van der Waals surface area (Å²) in [5.74, 6) is 5.04. The van der Waals surface area contributed by atoms with Crippen LogP contribution in [0.25, 0.3) is 0 Å². The van der Waals surface area contributed by atoms with Crippen LogP contribution in [0.1, 0.15) is 19.4 Å². The zero-order chi connectivity index (χ0) is 14.7. The minimum atomic E-state index is -0.800. The molecular weight excluding hydrogens is 298 g/mol. The van der Waals surface area contributed by atoms with Gasteiger partial charge < -0.3 is 0 Å². The Morgan fingerprint density at radius 2 is 2.10 bits per heavy atom. The van der Waals surface area contributed by atoms with E-state index >= 15 is 0 Å². The molecule has 1 heterocycles. The average molecular weight is 318 g/mol. The fourth-order valence-electron chi connectivity index (χ4n) is 2.26. The van der Waals surface area contributed by atoms with Gasteiger partial charge in [0, 0.05) is 27.5 Å². The van der Waals surface area contributed by atoms with E-state index in [1.807, 2.05) is 23.5 Å². The molecule has 1 aliphatic heterocycles. The van der Waals surface area contributed by atoms with E-state index < -0.39 is 11.6 Å². The van der Waals surface area contributed by atoms with Gasteiger partial charge in [-0.2, -0.15) is 23.5 Å². The molecule has 1 aliphatic rings. The molecule has 20 heavy (non-hydrogen) atoms. The molecular formula is C14H20F2N2S2. The molecule has 1 aromatic rings. The Morgan fingerprint density at radius 3 is 2.75 bits per heavy atom. The van der Waals surface area contributed by atoms with Gasteiger partial charge in [0.15, 0.2) is 11.6 Å². The van der Waals surface area contributed by atoms with Gasteiger partial charge in [0.05, 0.1) is 0 Å². The van der Waals surface area contributed by atoms with Crippen molar-refractivity contribution in [1.29, 1.82) is 0 Å². The Bertz CT molecular complexity index is 459. The van der Waals surface area contributed by atoms with E-state index in [0.717, 1.165) is 11.8 Å². The molecule has 4 atom stereocenters. The van der Waals surface area contributed by atoms with Crippen LogP contribution in [-0.4, -0.2) is 27.5 Å². The lowest BCUT2D eigenvalue weighted by molar-refractivity contribution is 0.474. The zero-order valence-electron chi connectivity index (χ0n) is 11.6. The van der Waals surface area contributed by atoms with E-state index in [4.69, 9.17) is 5.84 Å². The van der Waals surface area contributed by atoms with Gasteiger partial charge >= 0.3 is 0 Å². The third-order valence-electron chi connectivity index (χ3n) is 3.71. The van der Waals surface area contributed by atoms with E-state index in [1.54, 1.807) is 6.07 Å². The third-order valence-corrected chi connectivity index (χ3v) is 7.26. The fraction of sp³-hybridized carbons (Fsp3) is 0.571. The standard InChI is InChI=1S/C14H20F2N2S2/c1-8-9(2)20-13(7-19-8)12(18-17)6-10-4-3-5-11(15)14(10)16/h3-5,8-9,12-13,18H,6-7,17H2,1-2H3. The van der Waals surface area contributed by atoms with Crippen molar-refractivity contribution in [3.63, 3.8) is 0 Å². The summed E-state index contributed by atoms with van der Waals surface area (Å²) in [6, 6.07) is 4.24. The summed E-state index contributed by atoms with van der Waals surface area (Å²) in [6.07, 6.45) is 0.402. The van der Waals surface area contributed by atoms with Crippen LogP contribution in [0.3, 0.4) is 0 Å². The van der Waals surface area contributed by atoms with Crippen molar-refractivity contribution >= 4 is 23.5 Å². The molecule has 0 radical (unpaired) electrons. The molecule has 3 N–H and O–H groups in total. The molecule has 0 bridgehead atoms. The number of thioether (sulfide) groups is 2. The van der Waals surface area contributed by atoms with Crippen LogP contribution in [0, 0.1) is 11.6 Å². The molecule has 0 aliphatic carbocycles. The number of rotatable bonds is 4. The van der Waals surface area contributed by atoms with E-state index in [9.17, 15) is 8.78 Å². The Labute approximate surface area is 127 Å². The molecule has 2 rings (SSSR count). The molecule has 1 fully saturated rings. The van der Waals surface area contributed by atoms with Crippen LogP contribution >= 0.6 is 23.5 Å². The maximum absolute atomic E-state index is 13.7. The van der Waals surface area contributed by atoms with Gasteiger partial charge in [-0.25, -0.2) is 8.78 Å². The third kappa shape index (κ3) is 3.67. The Kier molecular flexibility index (Phi) is 5.72. The first kappa shape index (κ1) is 16.1. The lowest BCUT2D eigenvalue weighted by Gasteiger charge is -2.35. The first-order valence-corrected chi connectivity index (χ1v) is 8.68. The number of nitrogens with two attached hydrogens (primary N) is 1. The summed E-state index contributed by atoms with van der Waals surface area (Å²) < 4.78 is 27.0. The van der Waals surface area contributed by atoms with E-state index in [-0.39, 0.29) is 6.04 Å². The minimum Gasteiger partial charge on any atom is -0.271 e. The molecule has 1 saturated heterocycles. The first-order chi connectivity index (χ1) is 9.52. The number of hydrazine groups is 1. The highest BCUT2D eigenvalue weighted by molar-refractivity contribution is 8.07. The van der Waals surface area contributed by atoms with Crippen molar-refractivity contribution in [2.45, 2.75) is 42.1 Å². The molecule has 2 nitrogen and oxygen atoms in total. The molecule has 4 unspecified atom stereocenters. The van der Waals surface area contributed by atoms with Crippen molar-refractivity contribution in [3.05, 3.63) is 35.4 Å². The summed E-state index contributed by atoms with van der Waals surface area (Å²) in [5.41, 5.74) is 3.16. The molecule has 0 spiro atoms. The van der Waals surface area contributed by atoms with Gasteiger partial charge in [0.25, 0.3) is 0 Å². The average Bonchev–Trinajstić information content (AvgIpc) is 2.44. The summed E-state index contributed by atoms with van der Waals surface area (Å²) in [6.45, 7) is 4.42. The fourth-order valence-corrected chi connectivity index (χ4v) is 5.37. The normalized spacial score (nSPS) is 28.4. The summed E-state index contributed by atoms with van der Waals surface area (Å²) in [4.78, 5) is 0. The number of hydrogen-bond donors (Lipinski definition) is 2. The Morgan fingerprint density at radius 1 is 1.35 bits per heavy atom. The van der Waals surface area contributed by atoms with Crippen LogP contribution in [0.4, 0.5) is 8.78 Å². The summed E-state index contributed by atoms with van der Waals surface area (Å²) in [7, 11) is 0. The van der Waals surface area contributed by atoms with Gasteiger partial charge in [-0.15, -0.1) is 0 Å². The van der Waals surface area contributed by atoms with Crippen molar-refractivity contribution in [1.82, 2.24) is 5.43 Å². The Balaban J connectivity index is 2.07. The van der Waals surface area contributed by atoms with Crippen LogP contribution in [0.2, 0.25) is 0 Å². The van der Waals surface area contributed by atoms with Crippen LogP contribution in [-0.2, 0) is 6.42 Å². The predicted octanol–water partition coefficient (Wildman–Crippen LogP) is 2.96. The minimum absolute atomic E-state index is 0.0567. The maximum Gasteiger partial charge on any atom is 0.162 e.